The summed E-state index contributed by atoms with van der Waals surface area (Å²) in [7, 11) is 1.76. The number of carboxylic acids is 1. The number of nitrogens with one attached hydrogen (secondary N) is 1. The molecule has 2 N–H and O–H groups in total. The Morgan fingerprint density at radius 2 is 1.53 bits per heavy atom. The largest absolute Gasteiger partial charge is 0.481 e. The van der Waals surface area contributed by atoms with Crippen LogP contribution in [0.3, 0.4) is 0 Å². The Bertz CT molecular complexity index is 1390. The Kier molecular flexibility index (Phi) is 6.01. The molecule has 1 aromatic heterocycles. The first-order chi connectivity index (χ1) is 17.4. The molecule has 36 heavy (non-hydrogen) atoms. The second kappa shape index (κ2) is 9.30. The SMILES string of the molecule is CC(OC(=O)Nc1nnn(C)c1-c1ccc(-c2ccc(C3(C(=O)O)CC3)cc2)cc1)c1ccccc1. The normalized spacial score (nSPS) is 14.6. The molecule has 0 bridgehead atoms. The van der Waals surface area contributed by atoms with Crippen molar-refractivity contribution < 1.29 is 19.4 Å². The van der Waals surface area contributed by atoms with E-state index in [-0.39, 0.29) is 0 Å². The lowest BCUT2D eigenvalue weighted by molar-refractivity contribution is -0.140. The molecule has 1 heterocycles. The number of benzene rings is 3. The number of amides is 1. The average molecular weight is 483 g/mol. The molecule has 0 spiro atoms. The van der Waals surface area contributed by atoms with Gasteiger partial charge in [0, 0.05) is 12.6 Å². The molecule has 4 aromatic rings. The fourth-order valence-corrected chi connectivity index (χ4v) is 4.40. The van der Waals surface area contributed by atoms with Crippen molar-refractivity contribution in [2.24, 2.45) is 7.05 Å². The topological polar surface area (TPSA) is 106 Å². The van der Waals surface area contributed by atoms with Crippen molar-refractivity contribution in [1.29, 1.82) is 0 Å². The first kappa shape index (κ1) is 23.3. The molecule has 8 nitrogen and oxygen atoms in total. The number of hydrogen-bond donors (Lipinski definition) is 2. The summed E-state index contributed by atoms with van der Waals surface area (Å²) in [5.74, 6) is -0.449. The zero-order chi connectivity index (χ0) is 25.3. The van der Waals surface area contributed by atoms with Crippen LogP contribution in [0.15, 0.2) is 78.9 Å². The molecular formula is C28H26N4O4. The fraction of sp³-hybridized carbons (Fsp3) is 0.214. The van der Waals surface area contributed by atoms with Gasteiger partial charge in [-0.15, -0.1) is 5.10 Å². The number of aliphatic carboxylic acids is 1. The number of hydrogen-bond acceptors (Lipinski definition) is 5. The van der Waals surface area contributed by atoms with E-state index in [0.717, 1.165) is 27.8 Å². The summed E-state index contributed by atoms with van der Waals surface area (Å²) in [4.78, 5) is 24.1. The Hall–Kier alpha value is -4.46. The minimum absolute atomic E-state index is 0.309. The van der Waals surface area contributed by atoms with Gasteiger partial charge in [-0.1, -0.05) is 84.1 Å². The monoisotopic (exact) mass is 482 g/mol. The third-order valence-corrected chi connectivity index (χ3v) is 6.69. The summed E-state index contributed by atoms with van der Waals surface area (Å²) in [6.45, 7) is 1.81. The van der Waals surface area contributed by atoms with Crippen molar-refractivity contribution in [3.63, 3.8) is 0 Å². The van der Waals surface area contributed by atoms with Crippen LogP contribution in [0.2, 0.25) is 0 Å². The van der Waals surface area contributed by atoms with Crippen LogP contribution in [0.1, 0.15) is 37.0 Å². The standard InChI is InChI=1S/C28H26N4O4/c1-18(19-6-4-3-5-7-19)36-27(35)29-25-24(32(2)31-30-25)22-10-8-20(9-11-22)21-12-14-23(15-13-21)28(16-17-28)26(33)34/h3-15,18H,16-17H2,1-2H3,(H,29,35)(H,33,34). The lowest BCUT2D eigenvalue weighted by atomic mass is 9.93. The molecule has 1 amide bonds. The van der Waals surface area contributed by atoms with Crippen LogP contribution in [-0.2, 0) is 22.0 Å². The van der Waals surface area contributed by atoms with Gasteiger partial charge >= 0.3 is 12.1 Å². The Labute approximate surface area is 208 Å². The number of carbonyl (C=O) groups excluding carboxylic acids is 1. The number of nitrogens with zero attached hydrogens (tertiary/aromatic N) is 3. The van der Waals surface area contributed by atoms with Gasteiger partial charge in [-0.2, -0.15) is 0 Å². The first-order valence-corrected chi connectivity index (χ1v) is 11.7. The van der Waals surface area contributed by atoms with Gasteiger partial charge in [0.25, 0.3) is 0 Å². The summed E-state index contributed by atoms with van der Waals surface area (Å²) in [5, 5.41) is 20.4. The van der Waals surface area contributed by atoms with Gasteiger partial charge in [0.1, 0.15) is 11.8 Å². The molecule has 182 valence electrons. The predicted octanol–water partition coefficient (Wildman–Crippen LogP) is 5.58. The summed E-state index contributed by atoms with van der Waals surface area (Å²) >= 11 is 0. The van der Waals surface area contributed by atoms with Crippen LogP contribution in [0.5, 0.6) is 0 Å². The van der Waals surface area contributed by atoms with Gasteiger partial charge in [-0.3, -0.25) is 10.1 Å². The maximum absolute atomic E-state index is 12.5. The van der Waals surface area contributed by atoms with E-state index in [1.54, 1.807) is 11.7 Å². The van der Waals surface area contributed by atoms with Crippen molar-refractivity contribution in [3.05, 3.63) is 90.0 Å². The highest BCUT2D eigenvalue weighted by molar-refractivity contribution is 5.89. The number of carbonyl (C=O) groups is 2. The second-order valence-electron chi connectivity index (χ2n) is 9.04. The molecule has 5 rings (SSSR count). The lowest BCUT2D eigenvalue weighted by Crippen LogP contribution is -2.19. The summed E-state index contributed by atoms with van der Waals surface area (Å²) in [5.41, 5.74) is 4.50. The van der Waals surface area contributed by atoms with Crippen molar-refractivity contribution in [2.45, 2.75) is 31.3 Å². The van der Waals surface area contributed by atoms with E-state index >= 15 is 0 Å². The van der Waals surface area contributed by atoms with Gasteiger partial charge in [0.2, 0.25) is 0 Å². The van der Waals surface area contributed by atoms with Crippen molar-refractivity contribution in [3.8, 4) is 22.4 Å². The van der Waals surface area contributed by atoms with Gasteiger partial charge in [0.05, 0.1) is 5.41 Å². The number of anilines is 1. The van der Waals surface area contributed by atoms with Gasteiger partial charge in [-0.05, 0) is 42.0 Å². The van der Waals surface area contributed by atoms with E-state index in [2.05, 4.69) is 15.6 Å². The Morgan fingerprint density at radius 3 is 2.11 bits per heavy atom. The number of rotatable bonds is 7. The maximum atomic E-state index is 12.5. The van der Waals surface area contributed by atoms with Crippen LogP contribution < -0.4 is 5.32 Å². The number of aryl methyl sites for hydroxylation is 1. The minimum atomic E-state index is -0.757. The summed E-state index contributed by atoms with van der Waals surface area (Å²) in [6.07, 6.45) is 0.343. The average Bonchev–Trinajstić information content (AvgIpc) is 3.64. The molecule has 1 fully saturated rings. The van der Waals surface area contributed by atoms with Crippen LogP contribution in [-0.4, -0.2) is 32.2 Å². The van der Waals surface area contributed by atoms with Crippen LogP contribution in [0.25, 0.3) is 22.4 Å². The molecule has 0 radical (unpaired) electrons. The molecule has 0 saturated heterocycles. The predicted molar refractivity (Wildman–Crippen MR) is 135 cm³/mol. The highest BCUT2D eigenvalue weighted by Crippen LogP contribution is 2.48. The molecule has 1 unspecified atom stereocenters. The molecule has 0 aliphatic heterocycles. The first-order valence-electron chi connectivity index (χ1n) is 11.7. The van der Waals surface area contributed by atoms with Crippen LogP contribution >= 0.6 is 0 Å². The number of ether oxygens (including phenoxy) is 1. The smallest absolute Gasteiger partial charge is 0.413 e. The summed E-state index contributed by atoms with van der Waals surface area (Å²) in [6, 6.07) is 25.0. The van der Waals surface area contributed by atoms with E-state index in [1.165, 1.54) is 0 Å². The Morgan fingerprint density at radius 1 is 0.944 bits per heavy atom. The second-order valence-corrected chi connectivity index (χ2v) is 9.04. The highest BCUT2D eigenvalue weighted by atomic mass is 16.6. The van der Waals surface area contributed by atoms with E-state index in [4.69, 9.17) is 4.74 Å². The zero-order valence-electron chi connectivity index (χ0n) is 20.0. The van der Waals surface area contributed by atoms with Gasteiger partial charge < -0.3 is 9.84 Å². The van der Waals surface area contributed by atoms with Gasteiger partial charge in [-0.25, -0.2) is 9.48 Å². The Balaban J connectivity index is 1.30. The number of carboxylic acid groups (broad SMARTS) is 1. The van der Waals surface area contributed by atoms with Crippen molar-refractivity contribution >= 4 is 17.9 Å². The quantitative estimate of drug-likeness (QED) is 0.356. The highest BCUT2D eigenvalue weighted by Gasteiger charge is 2.51. The fourth-order valence-electron chi connectivity index (χ4n) is 4.40. The third-order valence-electron chi connectivity index (χ3n) is 6.69. The lowest BCUT2D eigenvalue weighted by Gasteiger charge is -2.14. The van der Waals surface area contributed by atoms with Crippen molar-refractivity contribution in [2.75, 3.05) is 5.32 Å². The summed E-state index contributed by atoms with van der Waals surface area (Å²) < 4.78 is 7.10. The van der Waals surface area contributed by atoms with Crippen LogP contribution in [0.4, 0.5) is 10.6 Å². The van der Waals surface area contributed by atoms with E-state index in [9.17, 15) is 14.7 Å². The molecule has 1 aliphatic carbocycles. The molecule has 1 atom stereocenters. The van der Waals surface area contributed by atoms with E-state index in [0.29, 0.717) is 24.4 Å². The third kappa shape index (κ3) is 4.45. The maximum Gasteiger partial charge on any atom is 0.413 e. The van der Waals surface area contributed by atoms with Crippen LogP contribution in [0, 0.1) is 0 Å². The van der Waals surface area contributed by atoms with Crippen molar-refractivity contribution in [1.82, 2.24) is 15.0 Å². The van der Waals surface area contributed by atoms with E-state index < -0.39 is 23.6 Å². The molecule has 8 heteroatoms. The molecule has 3 aromatic carbocycles. The van der Waals surface area contributed by atoms with E-state index in [1.807, 2.05) is 85.8 Å². The number of aromatic nitrogens is 3. The molecule has 1 saturated carbocycles. The zero-order valence-corrected chi connectivity index (χ0v) is 20.0. The molecular weight excluding hydrogens is 456 g/mol. The minimum Gasteiger partial charge on any atom is -0.481 e. The molecule has 1 aliphatic rings. The van der Waals surface area contributed by atoms with Gasteiger partial charge in [0.15, 0.2) is 5.82 Å².